The summed E-state index contributed by atoms with van der Waals surface area (Å²) in [5.74, 6) is -0.184. The van der Waals surface area contributed by atoms with Gasteiger partial charge in [0.2, 0.25) is 5.91 Å². The van der Waals surface area contributed by atoms with Crippen LogP contribution in [0.15, 0.2) is 0 Å². The predicted octanol–water partition coefficient (Wildman–Crippen LogP) is 0.496. The third kappa shape index (κ3) is 2.12. The molecule has 0 bridgehead atoms. The molecule has 0 aromatic heterocycles. The Hall–Kier alpha value is -1.10. The maximum atomic E-state index is 11.5. The Morgan fingerprint density at radius 3 is 2.93 bits per heavy atom. The number of carbonyl (C=O) groups is 2. The van der Waals surface area contributed by atoms with E-state index in [0.29, 0.717) is 13.0 Å². The van der Waals surface area contributed by atoms with Crippen LogP contribution in [0.5, 0.6) is 0 Å². The van der Waals surface area contributed by atoms with Gasteiger partial charge in [-0.2, -0.15) is 0 Å². The van der Waals surface area contributed by atoms with Crippen LogP contribution in [0.4, 0.5) is 4.79 Å². The molecule has 0 aromatic rings. The highest BCUT2D eigenvalue weighted by Crippen LogP contribution is 2.20. The van der Waals surface area contributed by atoms with E-state index in [1.54, 1.807) is 4.90 Å². The first-order valence-corrected chi connectivity index (χ1v) is 5.40. The van der Waals surface area contributed by atoms with Crippen molar-refractivity contribution in [2.45, 2.75) is 38.3 Å². The third-order valence-electron chi connectivity index (χ3n) is 3.08. The zero-order valence-electron chi connectivity index (χ0n) is 8.86. The molecule has 3 amide bonds. The van der Waals surface area contributed by atoms with Crippen LogP contribution in [0, 0.1) is 0 Å². The number of carbonyl (C=O) groups excluding carboxylic acids is 2. The number of imide groups is 1. The van der Waals surface area contributed by atoms with Crippen LogP contribution in [0.1, 0.15) is 26.2 Å². The van der Waals surface area contributed by atoms with Crippen molar-refractivity contribution in [1.82, 2.24) is 10.2 Å². The van der Waals surface area contributed by atoms with Gasteiger partial charge in [-0.3, -0.25) is 10.1 Å². The number of urea groups is 1. The van der Waals surface area contributed by atoms with Crippen LogP contribution in [0.3, 0.4) is 0 Å². The second kappa shape index (κ2) is 4.18. The molecule has 0 radical (unpaired) electrons. The zero-order chi connectivity index (χ0) is 10.8. The predicted molar refractivity (Wildman–Crippen MR) is 53.3 cm³/mol. The quantitative estimate of drug-likeness (QED) is 0.725. The van der Waals surface area contributed by atoms with Crippen molar-refractivity contribution in [1.29, 1.82) is 0 Å². The first-order chi connectivity index (χ1) is 7.18. The summed E-state index contributed by atoms with van der Waals surface area (Å²) >= 11 is 0. The van der Waals surface area contributed by atoms with Crippen molar-refractivity contribution in [3.05, 3.63) is 0 Å². The molecule has 2 unspecified atom stereocenters. The van der Waals surface area contributed by atoms with Crippen molar-refractivity contribution >= 4 is 11.9 Å². The van der Waals surface area contributed by atoms with Gasteiger partial charge in [0.15, 0.2) is 0 Å². The molecule has 5 nitrogen and oxygen atoms in total. The summed E-state index contributed by atoms with van der Waals surface area (Å²) in [4.78, 5) is 24.2. The number of hydrogen-bond donors (Lipinski definition) is 1. The van der Waals surface area contributed by atoms with E-state index in [0.717, 1.165) is 19.4 Å². The maximum Gasteiger partial charge on any atom is 0.324 e. The largest absolute Gasteiger partial charge is 0.376 e. The van der Waals surface area contributed by atoms with Crippen molar-refractivity contribution in [3.8, 4) is 0 Å². The molecule has 5 heteroatoms. The highest BCUT2D eigenvalue weighted by atomic mass is 16.5. The Labute approximate surface area is 88.8 Å². The molecular formula is C10H16N2O3. The van der Waals surface area contributed by atoms with E-state index in [1.165, 1.54) is 0 Å². The van der Waals surface area contributed by atoms with Gasteiger partial charge in [-0.05, 0) is 19.8 Å². The second-order valence-corrected chi connectivity index (χ2v) is 4.09. The van der Waals surface area contributed by atoms with Gasteiger partial charge >= 0.3 is 6.03 Å². The highest BCUT2D eigenvalue weighted by molar-refractivity contribution is 5.96. The Morgan fingerprint density at radius 2 is 2.33 bits per heavy atom. The van der Waals surface area contributed by atoms with Crippen molar-refractivity contribution in [3.63, 3.8) is 0 Å². The molecular weight excluding hydrogens is 196 g/mol. The first kappa shape index (κ1) is 10.4. The zero-order valence-corrected chi connectivity index (χ0v) is 8.86. The molecule has 0 spiro atoms. The van der Waals surface area contributed by atoms with E-state index >= 15 is 0 Å². The molecule has 2 saturated heterocycles. The van der Waals surface area contributed by atoms with Gasteiger partial charge in [0, 0.05) is 19.6 Å². The van der Waals surface area contributed by atoms with Gasteiger partial charge < -0.3 is 9.64 Å². The molecule has 2 atom stereocenters. The Kier molecular flexibility index (Phi) is 2.90. The Morgan fingerprint density at radius 1 is 1.53 bits per heavy atom. The fraction of sp³-hybridized carbons (Fsp3) is 0.800. The minimum Gasteiger partial charge on any atom is -0.376 e. The first-order valence-electron chi connectivity index (χ1n) is 5.40. The van der Waals surface area contributed by atoms with E-state index in [-0.39, 0.29) is 24.1 Å². The van der Waals surface area contributed by atoms with Crippen LogP contribution >= 0.6 is 0 Å². The van der Waals surface area contributed by atoms with Crippen molar-refractivity contribution in [2.75, 3.05) is 13.2 Å². The summed E-state index contributed by atoms with van der Waals surface area (Å²) in [5, 5.41) is 2.33. The SMILES string of the molecule is CC(C1CCCO1)N1CCC(=O)NC1=O. The fourth-order valence-electron chi connectivity index (χ4n) is 2.15. The van der Waals surface area contributed by atoms with Gasteiger partial charge in [-0.25, -0.2) is 4.79 Å². The summed E-state index contributed by atoms with van der Waals surface area (Å²) in [6, 6.07) is -0.227. The van der Waals surface area contributed by atoms with E-state index < -0.39 is 0 Å². The van der Waals surface area contributed by atoms with Gasteiger partial charge in [-0.15, -0.1) is 0 Å². The average molecular weight is 212 g/mol. The van der Waals surface area contributed by atoms with E-state index in [9.17, 15) is 9.59 Å². The molecule has 0 aliphatic carbocycles. The van der Waals surface area contributed by atoms with Crippen LogP contribution in [-0.4, -0.2) is 42.1 Å². The van der Waals surface area contributed by atoms with Crippen LogP contribution in [0.25, 0.3) is 0 Å². The standard InChI is InChI=1S/C10H16N2O3/c1-7(8-3-2-6-15-8)12-5-4-9(13)11-10(12)14/h7-8H,2-6H2,1H3,(H,11,13,14). The lowest BCUT2D eigenvalue weighted by atomic mass is 10.1. The van der Waals surface area contributed by atoms with Crippen molar-refractivity contribution < 1.29 is 14.3 Å². The van der Waals surface area contributed by atoms with Gasteiger partial charge in [-0.1, -0.05) is 0 Å². The molecule has 2 aliphatic rings. The Bertz CT molecular complexity index is 274. The minimum absolute atomic E-state index is 0.0561. The molecule has 2 fully saturated rings. The number of rotatable bonds is 2. The number of nitrogens with zero attached hydrogens (tertiary/aromatic N) is 1. The lowest BCUT2D eigenvalue weighted by molar-refractivity contribution is -0.122. The number of ether oxygens (including phenoxy) is 1. The van der Waals surface area contributed by atoms with Crippen molar-refractivity contribution in [2.24, 2.45) is 0 Å². The number of nitrogens with one attached hydrogen (secondary N) is 1. The van der Waals surface area contributed by atoms with E-state index in [1.807, 2.05) is 6.92 Å². The molecule has 1 N–H and O–H groups in total. The molecule has 2 heterocycles. The van der Waals surface area contributed by atoms with Crippen LogP contribution in [-0.2, 0) is 9.53 Å². The number of hydrogen-bond acceptors (Lipinski definition) is 3. The summed E-state index contributed by atoms with van der Waals surface area (Å²) in [6.45, 7) is 3.26. The average Bonchev–Trinajstić information content (AvgIpc) is 2.69. The molecule has 2 rings (SSSR count). The van der Waals surface area contributed by atoms with Gasteiger partial charge in [0.05, 0.1) is 12.1 Å². The topological polar surface area (TPSA) is 58.6 Å². The maximum absolute atomic E-state index is 11.5. The molecule has 15 heavy (non-hydrogen) atoms. The smallest absolute Gasteiger partial charge is 0.324 e. The third-order valence-corrected chi connectivity index (χ3v) is 3.08. The lowest BCUT2D eigenvalue weighted by Gasteiger charge is -2.34. The second-order valence-electron chi connectivity index (χ2n) is 4.09. The molecule has 84 valence electrons. The molecule has 0 aromatic carbocycles. The lowest BCUT2D eigenvalue weighted by Crippen LogP contribution is -2.55. The van der Waals surface area contributed by atoms with Gasteiger partial charge in [0.25, 0.3) is 0 Å². The highest BCUT2D eigenvalue weighted by Gasteiger charge is 2.33. The monoisotopic (exact) mass is 212 g/mol. The van der Waals surface area contributed by atoms with Crippen LogP contribution in [0.2, 0.25) is 0 Å². The normalized spacial score (nSPS) is 29.1. The summed E-state index contributed by atoms with van der Waals surface area (Å²) in [5.41, 5.74) is 0. The summed E-state index contributed by atoms with van der Waals surface area (Å²) < 4.78 is 5.54. The summed E-state index contributed by atoms with van der Waals surface area (Å²) in [6.07, 6.45) is 2.58. The van der Waals surface area contributed by atoms with E-state index in [2.05, 4.69) is 5.32 Å². The fourth-order valence-corrected chi connectivity index (χ4v) is 2.15. The Balaban J connectivity index is 1.97. The molecule has 2 aliphatic heterocycles. The molecule has 0 saturated carbocycles. The summed E-state index contributed by atoms with van der Waals surface area (Å²) in [7, 11) is 0. The van der Waals surface area contributed by atoms with E-state index in [4.69, 9.17) is 4.74 Å². The minimum atomic E-state index is -0.283. The van der Waals surface area contributed by atoms with Crippen LogP contribution < -0.4 is 5.32 Å². The van der Waals surface area contributed by atoms with Gasteiger partial charge in [0.1, 0.15) is 0 Å². The number of amides is 3.